The minimum Gasteiger partial charge on any atom is -0.506 e. The van der Waals surface area contributed by atoms with Crippen molar-refractivity contribution < 1.29 is 29.2 Å². The summed E-state index contributed by atoms with van der Waals surface area (Å²) in [5.74, 6) is -0.419. The Morgan fingerprint density at radius 2 is 1.93 bits per heavy atom. The predicted octanol–water partition coefficient (Wildman–Crippen LogP) is 5.51. The van der Waals surface area contributed by atoms with Crippen molar-refractivity contribution in [2.75, 3.05) is 19.7 Å². The molecule has 2 saturated heterocycles. The van der Waals surface area contributed by atoms with Gasteiger partial charge in [0.2, 0.25) is 0 Å². The number of likely N-dealkylation sites (tertiary alicyclic amines) is 1. The molecule has 2 unspecified atom stereocenters. The first kappa shape index (κ1) is 28.1. The number of pyridine rings is 1. The Balaban J connectivity index is 1.11. The van der Waals surface area contributed by atoms with Gasteiger partial charge in [0.1, 0.15) is 28.5 Å². The molecule has 3 aliphatic rings. The number of hydrogen-bond donors (Lipinski definition) is 2. The molecule has 0 amide bonds. The van der Waals surface area contributed by atoms with Gasteiger partial charge in [0.05, 0.1) is 41.4 Å². The number of nitrogens with zero attached hydrogens (tertiary/aromatic N) is 4. The first-order valence-corrected chi connectivity index (χ1v) is 15.0. The number of ether oxygens (including phenoxy) is 3. The van der Waals surface area contributed by atoms with Crippen LogP contribution in [0.4, 0.5) is 0 Å². The summed E-state index contributed by atoms with van der Waals surface area (Å²) >= 11 is 6.10. The Morgan fingerprint density at radius 1 is 1.14 bits per heavy atom. The highest BCUT2D eigenvalue weighted by atomic mass is 35.5. The molecular formula is C32H33ClN4O6. The lowest BCUT2D eigenvalue weighted by molar-refractivity contribution is -0.244. The molecule has 3 atom stereocenters. The molecule has 2 aromatic heterocycles. The Morgan fingerprint density at radius 3 is 2.63 bits per heavy atom. The zero-order chi connectivity index (χ0) is 29.7. The number of para-hydroxylation sites is 1. The molecule has 0 aliphatic carbocycles. The number of aromatic hydroxyl groups is 1. The molecule has 2 N–H and O–H groups in total. The van der Waals surface area contributed by atoms with Crippen molar-refractivity contribution in [1.29, 1.82) is 0 Å². The Kier molecular flexibility index (Phi) is 7.25. The number of halogens is 1. The van der Waals surface area contributed by atoms with E-state index in [0.29, 0.717) is 34.8 Å². The van der Waals surface area contributed by atoms with Crippen LogP contribution in [0.15, 0.2) is 54.7 Å². The third-order valence-corrected chi connectivity index (χ3v) is 9.06. The van der Waals surface area contributed by atoms with Crippen LogP contribution in [0.25, 0.3) is 11.0 Å². The summed E-state index contributed by atoms with van der Waals surface area (Å²) in [5, 5.41) is 20.8. The van der Waals surface area contributed by atoms with Crippen molar-refractivity contribution in [1.82, 2.24) is 19.4 Å². The quantitative estimate of drug-likeness (QED) is 0.281. The number of fused-ring (bicyclic) bond motifs is 2. The average Bonchev–Trinajstić information content (AvgIpc) is 3.32. The molecule has 0 saturated carbocycles. The minimum absolute atomic E-state index is 0.0329. The molecule has 10 nitrogen and oxygen atoms in total. The monoisotopic (exact) mass is 604 g/mol. The first-order chi connectivity index (χ1) is 20.8. The summed E-state index contributed by atoms with van der Waals surface area (Å²) < 4.78 is 20.8. The van der Waals surface area contributed by atoms with Gasteiger partial charge in [0.25, 0.3) is 5.79 Å². The molecule has 0 spiro atoms. The fourth-order valence-corrected chi connectivity index (χ4v) is 6.51. The van der Waals surface area contributed by atoms with Crippen LogP contribution in [0.2, 0.25) is 5.02 Å². The number of hydrogen-bond acceptors (Lipinski definition) is 8. The number of piperidine rings is 1. The van der Waals surface area contributed by atoms with Crippen molar-refractivity contribution in [3.8, 4) is 11.5 Å². The van der Waals surface area contributed by atoms with Crippen molar-refractivity contribution in [3.05, 3.63) is 82.4 Å². The molecule has 224 valence electrons. The fourth-order valence-electron chi connectivity index (χ4n) is 6.40. The minimum atomic E-state index is -1.09. The zero-order valence-electron chi connectivity index (χ0n) is 23.8. The van der Waals surface area contributed by atoms with Gasteiger partial charge in [-0.25, -0.2) is 9.78 Å². The van der Waals surface area contributed by atoms with E-state index in [2.05, 4.69) is 16.0 Å². The van der Waals surface area contributed by atoms with Gasteiger partial charge in [0.15, 0.2) is 0 Å². The average molecular weight is 605 g/mol. The maximum absolute atomic E-state index is 11.7. The van der Waals surface area contributed by atoms with Gasteiger partial charge in [-0.15, -0.1) is 0 Å². The van der Waals surface area contributed by atoms with Crippen LogP contribution in [0.3, 0.4) is 0 Å². The van der Waals surface area contributed by atoms with Crippen LogP contribution >= 0.6 is 11.6 Å². The van der Waals surface area contributed by atoms with Crippen LogP contribution in [-0.2, 0) is 28.4 Å². The van der Waals surface area contributed by atoms with E-state index in [1.807, 2.05) is 35.8 Å². The number of aromatic nitrogens is 3. The number of aromatic carboxylic acids is 1. The van der Waals surface area contributed by atoms with Crippen LogP contribution in [0.1, 0.15) is 59.7 Å². The number of phenolic OH excluding ortho intramolecular Hbond substituents is 1. The number of carboxylic acid groups (broad SMARTS) is 1. The second-order valence-electron chi connectivity index (χ2n) is 11.7. The summed E-state index contributed by atoms with van der Waals surface area (Å²) in [5.41, 5.74) is 2.76. The molecule has 2 fully saturated rings. The lowest BCUT2D eigenvalue weighted by atomic mass is 9.86. The molecule has 5 heterocycles. The number of carboxylic acids is 1. The summed E-state index contributed by atoms with van der Waals surface area (Å²) in [7, 11) is 0. The van der Waals surface area contributed by atoms with Crippen molar-refractivity contribution in [2.24, 2.45) is 5.92 Å². The van der Waals surface area contributed by atoms with Crippen LogP contribution in [0, 0.1) is 5.92 Å². The van der Waals surface area contributed by atoms with Gasteiger partial charge in [0, 0.05) is 25.3 Å². The summed E-state index contributed by atoms with van der Waals surface area (Å²) in [6.45, 7) is 5.43. The molecule has 2 aromatic carbocycles. The van der Waals surface area contributed by atoms with Gasteiger partial charge >= 0.3 is 5.97 Å². The van der Waals surface area contributed by atoms with Gasteiger partial charge in [-0.05, 0) is 68.6 Å². The zero-order valence-corrected chi connectivity index (χ0v) is 24.5. The maximum atomic E-state index is 11.7. The van der Waals surface area contributed by atoms with E-state index in [-0.39, 0.29) is 29.4 Å². The molecule has 43 heavy (non-hydrogen) atoms. The summed E-state index contributed by atoms with van der Waals surface area (Å²) in [4.78, 5) is 23.3. The Bertz CT molecular complexity index is 1660. The lowest BCUT2D eigenvalue weighted by Crippen LogP contribution is -2.43. The molecule has 7 rings (SSSR count). The Hall–Kier alpha value is -3.70. The molecule has 0 bridgehead atoms. The second-order valence-corrected chi connectivity index (χ2v) is 12.1. The highest BCUT2D eigenvalue weighted by Crippen LogP contribution is 2.48. The topological polar surface area (TPSA) is 119 Å². The van der Waals surface area contributed by atoms with E-state index in [0.717, 1.165) is 56.1 Å². The van der Waals surface area contributed by atoms with E-state index < -0.39 is 11.8 Å². The number of benzene rings is 2. The molecular weight excluding hydrogens is 572 g/mol. The van der Waals surface area contributed by atoms with Gasteiger partial charge in [-0.2, -0.15) is 0 Å². The van der Waals surface area contributed by atoms with Crippen molar-refractivity contribution >= 4 is 28.6 Å². The lowest BCUT2D eigenvalue weighted by Gasteiger charge is -2.44. The molecule has 11 heteroatoms. The first-order valence-electron chi connectivity index (χ1n) is 14.6. The van der Waals surface area contributed by atoms with Crippen molar-refractivity contribution in [2.45, 2.75) is 57.3 Å². The molecule has 4 aromatic rings. The number of imidazole rings is 1. The van der Waals surface area contributed by atoms with E-state index in [4.69, 9.17) is 30.8 Å². The Labute approximate surface area is 253 Å². The number of phenols is 1. The normalized spacial score (nSPS) is 24.3. The van der Waals surface area contributed by atoms with E-state index in [9.17, 15) is 15.0 Å². The number of rotatable bonds is 7. The summed E-state index contributed by atoms with van der Waals surface area (Å²) in [6, 6.07) is 14.5. The van der Waals surface area contributed by atoms with Crippen LogP contribution < -0.4 is 4.74 Å². The maximum Gasteiger partial charge on any atom is 0.335 e. The SMILES string of the molecule is CC1(c2ccc(Cl)cn2)Oc2ccccc2C(C2CCN(Cc3nc4c(O)cc(C(=O)O)cc4n3C[C@@H]3CCO3)CC2)O1. The second kappa shape index (κ2) is 11.1. The van der Waals surface area contributed by atoms with Gasteiger partial charge in [-0.1, -0.05) is 29.8 Å². The highest BCUT2D eigenvalue weighted by Gasteiger charge is 2.44. The van der Waals surface area contributed by atoms with Crippen molar-refractivity contribution in [3.63, 3.8) is 0 Å². The van der Waals surface area contributed by atoms with Crippen LogP contribution in [-0.4, -0.2) is 61.4 Å². The number of carbonyl (C=O) groups is 1. The van der Waals surface area contributed by atoms with E-state index in [1.54, 1.807) is 18.3 Å². The highest BCUT2D eigenvalue weighted by molar-refractivity contribution is 6.30. The third-order valence-electron chi connectivity index (χ3n) is 8.84. The van der Waals surface area contributed by atoms with Gasteiger partial charge in [-0.3, -0.25) is 9.88 Å². The fraction of sp³-hybridized carbons (Fsp3) is 0.406. The third kappa shape index (κ3) is 5.33. The standard InChI is InChI=1S/C32H33ClN4O6/c1-32(27-7-6-21(33)16-34-27)42-26-5-3-2-4-23(26)30(43-32)19-8-11-36(12-9-19)18-28-35-29-24(37(28)17-22-10-13-41-22)14-20(31(39)40)15-25(29)38/h2-7,14-16,19,22,30,38H,8-13,17-18H2,1H3,(H,39,40)/t22-,30?,32?/m0/s1. The van der Waals surface area contributed by atoms with Gasteiger partial charge < -0.3 is 29.0 Å². The van der Waals surface area contributed by atoms with Crippen LogP contribution in [0.5, 0.6) is 11.5 Å². The molecule has 0 radical (unpaired) electrons. The molecule has 3 aliphatic heterocycles. The van der Waals surface area contributed by atoms with E-state index >= 15 is 0 Å². The summed E-state index contributed by atoms with van der Waals surface area (Å²) in [6.07, 6.45) is 4.24. The predicted molar refractivity (Wildman–Crippen MR) is 158 cm³/mol. The largest absolute Gasteiger partial charge is 0.506 e. The van der Waals surface area contributed by atoms with E-state index in [1.165, 1.54) is 6.07 Å². The smallest absolute Gasteiger partial charge is 0.335 e.